The van der Waals surface area contributed by atoms with E-state index in [4.69, 9.17) is 21.7 Å². The maximum absolute atomic E-state index is 13.5. The lowest BCUT2D eigenvalue weighted by atomic mass is 10.0. The number of alkyl halides is 2. The maximum Gasteiger partial charge on any atom is 0.264 e. The summed E-state index contributed by atoms with van der Waals surface area (Å²) in [7, 11) is 0. The summed E-state index contributed by atoms with van der Waals surface area (Å²) < 4.78 is 38.2. The molecule has 0 amide bonds. The highest BCUT2D eigenvalue weighted by atomic mass is 32.1. The summed E-state index contributed by atoms with van der Waals surface area (Å²) in [6.45, 7) is 8.28. The van der Waals surface area contributed by atoms with Crippen molar-refractivity contribution in [3.63, 3.8) is 0 Å². The van der Waals surface area contributed by atoms with Crippen LogP contribution in [0.2, 0.25) is 0 Å². The fourth-order valence-corrected chi connectivity index (χ4v) is 3.13. The summed E-state index contributed by atoms with van der Waals surface area (Å²) in [4.78, 5) is 0. The molecule has 0 aliphatic carbocycles. The third-order valence-electron chi connectivity index (χ3n) is 4.35. The van der Waals surface area contributed by atoms with Crippen LogP contribution in [0.4, 0.5) is 14.5 Å². The van der Waals surface area contributed by atoms with Gasteiger partial charge >= 0.3 is 0 Å². The second-order valence-electron chi connectivity index (χ2n) is 6.21. The smallest absolute Gasteiger partial charge is 0.264 e. The SMILES string of the molecule is CCOC(=S)Nc1cccc(C(F)F)c1COc1cc(C)c(CC)cc1C. The number of benzene rings is 2. The molecule has 6 heteroatoms. The highest BCUT2D eigenvalue weighted by molar-refractivity contribution is 7.80. The molecule has 0 spiro atoms. The van der Waals surface area contributed by atoms with Crippen molar-refractivity contribution in [3.05, 3.63) is 58.1 Å². The second-order valence-corrected chi connectivity index (χ2v) is 6.58. The zero-order valence-electron chi connectivity index (χ0n) is 16.1. The molecule has 1 N–H and O–H groups in total. The number of hydrogen-bond donors (Lipinski definition) is 1. The molecule has 0 aromatic heterocycles. The number of halogens is 2. The molecule has 3 nitrogen and oxygen atoms in total. The average Bonchev–Trinajstić information content (AvgIpc) is 2.62. The Balaban J connectivity index is 2.31. The van der Waals surface area contributed by atoms with E-state index in [2.05, 4.69) is 18.3 Å². The van der Waals surface area contributed by atoms with Gasteiger partial charge in [0.15, 0.2) is 0 Å². The van der Waals surface area contributed by atoms with Crippen molar-refractivity contribution in [2.45, 2.75) is 47.1 Å². The number of hydrogen-bond acceptors (Lipinski definition) is 3. The topological polar surface area (TPSA) is 30.5 Å². The minimum atomic E-state index is -2.61. The number of aryl methyl sites for hydroxylation is 3. The van der Waals surface area contributed by atoms with Crippen LogP contribution in [0.5, 0.6) is 5.75 Å². The van der Waals surface area contributed by atoms with Gasteiger partial charge in [0.2, 0.25) is 0 Å². The van der Waals surface area contributed by atoms with Crippen LogP contribution in [-0.2, 0) is 17.8 Å². The minimum absolute atomic E-state index is 0.00331. The van der Waals surface area contributed by atoms with Crippen LogP contribution in [0.15, 0.2) is 30.3 Å². The van der Waals surface area contributed by atoms with Crippen LogP contribution in [-0.4, -0.2) is 11.8 Å². The lowest BCUT2D eigenvalue weighted by Gasteiger charge is -2.18. The quantitative estimate of drug-likeness (QED) is 0.575. The fraction of sp³-hybridized carbons (Fsp3) is 0.381. The average molecular weight is 393 g/mol. The molecule has 0 saturated carbocycles. The molecule has 0 heterocycles. The van der Waals surface area contributed by atoms with E-state index in [-0.39, 0.29) is 17.3 Å². The van der Waals surface area contributed by atoms with Gasteiger partial charge in [-0.1, -0.05) is 25.1 Å². The van der Waals surface area contributed by atoms with E-state index >= 15 is 0 Å². The van der Waals surface area contributed by atoms with Gasteiger partial charge in [-0.15, -0.1) is 0 Å². The Morgan fingerprint density at radius 2 is 1.89 bits per heavy atom. The van der Waals surface area contributed by atoms with Crippen LogP contribution in [0.1, 0.15) is 48.1 Å². The van der Waals surface area contributed by atoms with E-state index in [1.54, 1.807) is 19.1 Å². The van der Waals surface area contributed by atoms with Crippen LogP contribution in [0.25, 0.3) is 0 Å². The minimum Gasteiger partial charge on any atom is -0.489 e. The third kappa shape index (κ3) is 5.39. The molecule has 146 valence electrons. The molecule has 0 aliphatic heterocycles. The Bertz CT molecular complexity index is 809. The fourth-order valence-electron chi connectivity index (χ4n) is 2.90. The zero-order valence-corrected chi connectivity index (χ0v) is 16.9. The first kappa shape index (κ1) is 21.1. The molecule has 0 aliphatic rings. The van der Waals surface area contributed by atoms with E-state index < -0.39 is 6.43 Å². The lowest BCUT2D eigenvalue weighted by Crippen LogP contribution is -2.16. The summed E-state index contributed by atoms with van der Waals surface area (Å²) in [5, 5.41) is 3.03. The number of anilines is 1. The van der Waals surface area contributed by atoms with Crippen molar-refractivity contribution in [3.8, 4) is 5.75 Å². The molecule has 27 heavy (non-hydrogen) atoms. The van der Waals surface area contributed by atoms with E-state index in [9.17, 15) is 8.78 Å². The Morgan fingerprint density at radius 3 is 2.52 bits per heavy atom. The van der Waals surface area contributed by atoms with Crippen molar-refractivity contribution < 1.29 is 18.3 Å². The van der Waals surface area contributed by atoms with Gasteiger partial charge in [-0.2, -0.15) is 0 Å². The Hall–Kier alpha value is -2.21. The third-order valence-corrected chi connectivity index (χ3v) is 4.57. The predicted molar refractivity (Wildman–Crippen MR) is 109 cm³/mol. The van der Waals surface area contributed by atoms with Crippen LogP contribution >= 0.6 is 12.2 Å². The van der Waals surface area contributed by atoms with Crippen molar-refractivity contribution in [1.82, 2.24) is 0 Å². The lowest BCUT2D eigenvalue weighted by molar-refractivity contribution is 0.148. The number of ether oxygens (including phenoxy) is 2. The number of rotatable bonds is 7. The molecule has 0 bridgehead atoms. The van der Waals surface area contributed by atoms with Gasteiger partial charge < -0.3 is 14.8 Å². The van der Waals surface area contributed by atoms with Crippen molar-refractivity contribution in [2.24, 2.45) is 0 Å². The van der Waals surface area contributed by atoms with Gasteiger partial charge in [-0.05, 0) is 68.2 Å². The Labute approximate surface area is 164 Å². The van der Waals surface area contributed by atoms with E-state index in [0.717, 1.165) is 17.5 Å². The summed E-state index contributed by atoms with van der Waals surface area (Å²) in [6.07, 6.45) is -1.68. The van der Waals surface area contributed by atoms with Gasteiger partial charge in [0, 0.05) is 16.8 Å². The molecular formula is C21H25F2NO2S. The molecule has 0 radical (unpaired) electrons. The molecule has 0 fully saturated rings. The molecule has 0 unspecified atom stereocenters. The Morgan fingerprint density at radius 1 is 1.15 bits per heavy atom. The van der Waals surface area contributed by atoms with Crippen LogP contribution < -0.4 is 10.1 Å². The molecule has 2 rings (SSSR count). The largest absolute Gasteiger partial charge is 0.489 e. The first-order valence-corrected chi connectivity index (χ1v) is 9.34. The zero-order chi connectivity index (χ0) is 20.0. The molecule has 0 atom stereocenters. The first-order chi connectivity index (χ1) is 12.9. The van der Waals surface area contributed by atoms with Gasteiger partial charge in [0.25, 0.3) is 11.6 Å². The van der Waals surface area contributed by atoms with Gasteiger partial charge in [-0.25, -0.2) is 8.78 Å². The summed E-state index contributed by atoms with van der Waals surface area (Å²) in [6, 6.07) is 8.68. The normalized spacial score (nSPS) is 10.8. The van der Waals surface area contributed by atoms with Crippen molar-refractivity contribution in [2.75, 3.05) is 11.9 Å². The summed E-state index contributed by atoms with van der Waals surface area (Å²) in [5.74, 6) is 0.687. The molecule has 2 aromatic carbocycles. The molecule has 2 aromatic rings. The summed E-state index contributed by atoms with van der Waals surface area (Å²) in [5.41, 5.74) is 4.09. The first-order valence-electron chi connectivity index (χ1n) is 8.93. The van der Waals surface area contributed by atoms with Gasteiger partial charge in [0.1, 0.15) is 12.4 Å². The van der Waals surface area contributed by atoms with Crippen molar-refractivity contribution >= 4 is 23.1 Å². The number of thiocarbonyl (C=S) groups is 1. The summed E-state index contributed by atoms with van der Waals surface area (Å²) >= 11 is 5.09. The number of nitrogens with one attached hydrogen (secondary N) is 1. The van der Waals surface area contributed by atoms with Gasteiger partial charge in [0.05, 0.1) is 6.61 Å². The standard InChI is InChI=1S/C21H25F2NO2S/c1-5-15-10-14(4)19(11-13(15)3)26-12-17-16(20(22)23)8-7-9-18(17)24-21(27)25-6-2/h7-11,20H,5-6,12H2,1-4H3,(H,24,27). The predicted octanol–water partition coefficient (Wildman–Crippen LogP) is 6.12. The Kier molecular flexibility index (Phi) is 7.54. The van der Waals surface area contributed by atoms with Crippen LogP contribution in [0, 0.1) is 13.8 Å². The maximum atomic E-state index is 13.5. The van der Waals surface area contributed by atoms with Crippen molar-refractivity contribution in [1.29, 1.82) is 0 Å². The van der Waals surface area contributed by atoms with E-state index in [1.165, 1.54) is 11.6 Å². The van der Waals surface area contributed by atoms with Gasteiger partial charge in [-0.3, -0.25) is 0 Å². The van der Waals surface area contributed by atoms with E-state index in [1.807, 2.05) is 19.9 Å². The second kappa shape index (κ2) is 9.65. The van der Waals surface area contributed by atoms with Crippen LogP contribution in [0.3, 0.4) is 0 Å². The highest BCUT2D eigenvalue weighted by Crippen LogP contribution is 2.31. The highest BCUT2D eigenvalue weighted by Gasteiger charge is 2.18. The molecule has 0 saturated heterocycles. The van der Waals surface area contributed by atoms with E-state index in [0.29, 0.717) is 23.6 Å². The monoisotopic (exact) mass is 393 g/mol. The molecular weight excluding hydrogens is 368 g/mol.